The Bertz CT molecular complexity index is 727. The SMILES string of the molecule is CNS(=O)(=O)c1cccc(NCc2cc(O)cc(F)c2)c1. The Balaban J connectivity index is 2.15. The number of phenolic OH excluding ortho intramolecular Hbond substituents is 1. The third-order valence-electron chi connectivity index (χ3n) is 2.85. The van der Waals surface area contributed by atoms with Crippen LogP contribution in [0.3, 0.4) is 0 Å². The number of benzene rings is 2. The second kappa shape index (κ2) is 6.11. The van der Waals surface area contributed by atoms with Crippen LogP contribution in [0.4, 0.5) is 10.1 Å². The Kier molecular flexibility index (Phi) is 4.44. The number of aromatic hydroxyl groups is 1. The summed E-state index contributed by atoms with van der Waals surface area (Å²) in [5.41, 5.74) is 1.13. The molecule has 0 saturated carbocycles. The van der Waals surface area contributed by atoms with Crippen LogP contribution in [0.5, 0.6) is 5.75 Å². The van der Waals surface area contributed by atoms with E-state index in [9.17, 15) is 17.9 Å². The van der Waals surface area contributed by atoms with E-state index in [1.54, 1.807) is 12.1 Å². The fourth-order valence-electron chi connectivity index (χ4n) is 1.83. The van der Waals surface area contributed by atoms with Gasteiger partial charge in [-0.1, -0.05) is 6.07 Å². The zero-order chi connectivity index (χ0) is 15.5. The van der Waals surface area contributed by atoms with Crippen LogP contribution >= 0.6 is 0 Å². The van der Waals surface area contributed by atoms with E-state index in [-0.39, 0.29) is 17.2 Å². The van der Waals surface area contributed by atoms with E-state index in [0.29, 0.717) is 11.3 Å². The standard InChI is InChI=1S/C14H15FN2O3S/c1-16-21(19,20)14-4-2-3-12(8-14)17-9-10-5-11(15)7-13(18)6-10/h2-8,16-18H,9H2,1H3. The lowest BCUT2D eigenvalue weighted by Gasteiger charge is -2.09. The van der Waals surface area contributed by atoms with E-state index < -0.39 is 15.8 Å². The monoisotopic (exact) mass is 310 g/mol. The van der Waals surface area contributed by atoms with Gasteiger partial charge in [-0.05, 0) is 42.9 Å². The van der Waals surface area contributed by atoms with E-state index in [2.05, 4.69) is 10.0 Å². The van der Waals surface area contributed by atoms with Gasteiger partial charge in [0.15, 0.2) is 0 Å². The molecule has 0 bridgehead atoms. The number of halogens is 1. The number of hydrogen-bond acceptors (Lipinski definition) is 4. The maximum atomic E-state index is 13.1. The van der Waals surface area contributed by atoms with Crippen molar-refractivity contribution in [1.82, 2.24) is 4.72 Å². The molecule has 0 aliphatic heterocycles. The summed E-state index contributed by atoms with van der Waals surface area (Å²) in [4.78, 5) is 0.136. The van der Waals surface area contributed by atoms with E-state index >= 15 is 0 Å². The van der Waals surface area contributed by atoms with Crippen LogP contribution in [0, 0.1) is 5.82 Å². The minimum atomic E-state index is -3.51. The molecule has 3 N–H and O–H groups in total. The van der Waals surface area contributed by atoms with Gasteiger partial charge in [-0.15, -0.1) is 0 Å². The summed E-state index contributed by atoms with van der Waals surface area (Å²) in [6, 6.07) is 10.0. The molecule has 0 aromatic heterocycles. The Labute approximate surface area is 122 Å². The van der Waals surface area contributed by atoms with E-state index in [0.717, 1.165) is 6.07 Å². The van der Waals surface area contributed by atoms with Crippen molar-refractivity contribution in [3.05, 3.63) is 53.8 Å². The summed E-state index contributed by atoms with van der Waals surface area (Å²) in [7, 11) is -2.17. The fourth-order valence-corrected chi connectivity index (χ4v) is 2.61. The van der Waals surface area contributed by atoms with E-state index in [1.165, 1.54) is 31.3 Å². The van der Waals surface area contributed by atoms with Crippen LogP contribution in [0.2, 0.25) is 0 Å². The molecule has 2 rings (SSSR count). The van der Waals surface area contributed by atoms with Crippen LogP contribution in [0.1, 0.15) is 5.56 Å². The molecule has 0 atom stereocenters. The Morgan fingerprint density at radius 1 is 1.19 bits per heavy atom. The van der Waals surface area contributed by atoms with Gasteiger partial charge in [-0.25, -0.2) is 17.5 Å². The minimum absolute atomic E-state index is 0.136. The third kappa shape index (κ3) is 3.93. The molecule has 0 spiro atoms. The average Bonchev–Trinajstić information content (AvgIpc) is 2.44. The molecular weight excluding hydrogens is 295 g/mol. The van der Waals surface area contributed by atoms with E-state index in [1.807, 2.05) is 0 Å². The summed E-state index contributed by atoms with van der Waals surface area (Å²) in [6.45, 7) is 0.258. The minimum Gasteiger partial charge on any atom is -0.508 e. The smallest absolute Gasteiger partial charge is 0.240 e. The molecule has 0 heterocycles. The quantitative estimate of drug-likeness (QED) is 0.790. The maximum absolute atomic E-state index is 13.1. The zero-order valence-electron chi connectivity index (χ0n) is 11.3. The first-order valence-electron chi connectivity index (χ1n) is 6.16. The number of hydrogen-bond donors (Lipinski definition) is 3. The summed E-state index contributed by atoms with van der Waals surface area (Å²) < 4.78 is 38.8. The van der Waals surface area contributed by atoms with Crippen molar-refractivity contribution in [2.75, 3.05) is 12.4 Å². The molecule has 0 saturated heterocycles. The second-order valence-corrected chi connectivity index (χ2v) is 6.29. The summed E-state index contributed by atoms with van der Waals surface area (Å²) in [5.74, 6) is -0.684. The molecule has 0 amide bonds. The number of sulfonamides is 1. The fraction of sp³-hybridized carbons (Fsp3) is 0.143. The summed E-state index contributed by atoms with van der Waals surface area (Å²) in [5, 5.41) is 12.3. The van der Waals surface area contributed by atoms with Gasteiger partial charge in [0, 0.05) is 18.3 Å². The lowest BCUT2D eigenvalue weighted by molar-refractivity contribution is 0.468. The highest BCUT2D eigenvalue weighted by Gasteiger charge is 2.11. The van der Waals surface area contributed by atoms with Crippen molar-refractivity contribution in [1.29, 1.82) is 0 Å². The zero-order valence-corrected chi connectivity index (χ0v) is 12.1. The molecule has 2 aromatic rings. The molecule has 0 fully saturated rings. The van der Waals surface area contributed by atoms with Gasteiger partial charge in [0.1, 0.15) is 11.6 Å². The van der Waals surface area contributed by atoms with Gasteiger partial charge in [0.05, 0.1) is 4.90 Å². The topological polar surface area (TPSA) is 78.4 Å². The highest BCUT2D eigenvalue weighted by molar-refractivity contribution is 7.89. The Morgan fingerprint density at radius 2 is 1.95 bits per heavy atom. The van der Waals surface area contributed by atoms with Crippen molar-refractivity contribution in [3.8, 4) is 5.75 Å². The summed E-state index contributed by atoms with van der Waals surface area (Å²) >= 11 is 0. The molecule has 0 aliphatic carbocycles. The molecule has 5 nitrogen and oxygen atoms in total. The number of phenols is 1. The van der Waals surface area contributed by atoms with Crippen molar-refractivity contribution < 1.29 is 17.9 Å². The van der Waals surface area contributed by atoms with Crippen LogP contribution < -0.4 is 10.0 Å². The lowest BCUT2D eigenvalue weighted by atomic mass is 10.2. The van der Waals surface area contributed by atoms with Gasteiger partial charge < -0.3 is 10.4 Å². The average molecular weight is 310 g/mol. The highest BCUT2D eigenvalue weighted by Crippen LogP contribution is 2.18. The van der Waals surface area contributed by atoms with Gasteiger partial charge >= 0.3 is 0 Å². The normalized spacial score (nSPS) is 11.3. The van der Waals surface area contributed by atoms with Crippen LogP contribution in [-0.4, -0.2) is 20.6 Å². The first kappa shape index (κ1) is 15.3. The Morgan fingerprint density at radius 3 is 2.62 bits per heavy atom. The number of rotatable bonds is 5. The molecular formula is C14H15FN2O3S. The molecule has 7 heteroatoms. The van der Waals surface area contributed by atoms with Crippen molar-refractivity contribution >= 4 is 15.7 Å². The Hall–Kier alpha value is -2.12. The maximum Gasteiger partial charge on any atom is 0.240 e. The molecule has 0 radical (unpaired) electrons. The third-order valence-corrected chi connectivity index (χ3v) is 4.26. The number of nitrogens with one attached hydrogen (secondary N) is 2. The van der Waals surface area contributed by atoms with Crippen molar-refractivity contribution in [2.24, 2.45) is 0 Å². The van der Waals surface area contributed by atoms with Gasteiger partial charge in [-0.3, -0.25) is 0 Å². The van der Waals surface area contributed by atoms with Crippen LogP contribution in [0.25, 0.3) is 0 Å². The first-order chi connectivity index (χ1) is 9.90. The van der Waals surface area contributed by atoms with Crippen molar-refractivity contribution in [3.63, 3.8) is 0 Å². The highest BCUT2D eigenvalue weighted by atomic mass is 32.2. The second-order valence-electron chi connectivity index (χ2n) is 4.41. The predicted molar refractivity (Wildman–Crippen MR) is 78.1 cm³/mol. The predicted octanol–water partition coefficient (Wildman–Crippen LogP) is 2.05. The molecule has 21 heavy (non-hydrogen) atoms. The van der Waals surface area contributed by atoms with Crippen molar-refractivity contribution in [2.45, 2.75) is 11.4 Å². The molecule has 2 aromatic carbocycles. The molecule has 112 valence electrons. The lowest BCUT2D eigenvalue weighted by Crippen LogP contribution is -2.18. The van der Waals surface area contributed by atoms with Gasteiger partial charge in [-0.2, -0.15) is 0 Å². The largest absolute Gasteiger partial charge is 0.508 e. The first-order valence-corrected chi connectivity index (χ1v) is 7.65. The molecule has 0 aliphatic rings. The number of anilines is 1. The van der Waals surface area contributed by atoms with Crippen LogP contribution in [-0.2, 0) is 16.6 Å². The van der Waals surface area contributed by atoms with Gasteiger partial charge in [0.2, 0.25) is 10.0 Å². The summed E-state index contributed by atoms with van der Waals surface area (Å²) in [6.07, 6.45) is 0. The molecule has 0 unspecified atom stereocenters. The van der Waals surface area contributed by atoms with Crippen LogP contribution in [0.15, 0.2) is 47.4 Å². The van der Waals surface area contributed by atoms with E-state index in [4.69, 9.17) is 0 Å². The van der Waals surface area contributed by atoms with Gasteiger partial charge in [0.25, 0.3) is 0 Å².